The van der Waals surface area contributed by atoms with Gasteiger partial charge in [0.25, 0.3) is 11.8 Å². The third kappa shape index (κ3) is 5.33. The van der Waals surface area contributed by atoms with E-state index >= 15 is 0 Å². The highest BCUT2D eigenvalue weighted by Crippen LogP contribution is 2.33. The van der Waals surface area contributed by atoms with Crippen molar-refractivity contribution < 1.29 is 19.1 Å². The molecule has 4 rings (SSSR count). The first-order chi connectivity index (χ1) is 15.4. The molecule has 9 nitrogen and oxygen atoms in total. The van der Waals surface area contributed by atoms with Gasteiger partial charge >= 0.3 is 6.03 Å². The lowest BCUT2D eigenvalue weighted by Crippen LogP contribution is -2.54. The van der Waals surface area contributed by atoms with Crippen LogP contribution in [0.1, 0.15) is 32.1 Å². The number of hydrogen-bond acceptors (Lipinski definition) is 6. The SMILES string of the molecule is O=C(CN1CCN(CCOc2ccc(Cl)cc2)CC1)NN1C(=O)NC2(CCCCC2)C1=O. The molecule has 2 heterocycles. The van der Waals surface area contributed by atoms with Crippen molar-refractivity contribution in [3.8, 4) is 5.75 Å². The van der Waals surface area contributed by atoms with Gasteiger partial charge in [-0.15, -0.1) is 0 Å². The van der Waals surface area contributed by atoms with Gasteiger partial charge in [0.15, 0.2) is 0 Å². The molecule has 174 valence electrons. The third-order valence-electron chi connectivity index (χ3n) is 6.43. The minimum atomic E-state index is -0.831. The van der Waals surface area contributed by atoms with Crippen LogP contribution < -0.4 is 15.5 Å². The van der Waals surface area contributed by atoms with Gasteiger partial charge in [-0.3, -0.25) is 24.8 Å². The molecule has 1 aliphatic carbocycles. The van der Waals surface area contributed by atoms with Gasteiger partial charge < -0.3 is 10.1 Å². The molecule has 1 spiro atoms. The lowest BCUT2D eigenvalue weighted by atomic mass is 9.82. The van der Waals surface area contributed by atoms with Gasteiger partial charge in [-0.2, -0.15) is 5.01 Å². The van der Waals surface area contributed by atoms with Gasteiger partial charge in [0.05, 0.1) is 6.54 Å². The minimum Gasteiger partial charge on any atom is -0.492 e. The Morgan fingerprint density at radius 3 is 2.38 bits per heavy atom. The minimum absolute atomic E-state index is 0.152. The fourth-order valence-electron chi connectivity index (χ4n) is 4.57. The Morgan fingerprint density at radius 2 is 1.69 bits per heavy atom. The van der Waals surface area contributed by atoms with Crippen LogP contribution in [0.3, 0.4) is 0 Å². The van der Waals surface area contributed by atoms with E-state index in [1.165, 1.54) is 0 Å². The van der Waals surface area contributed by atoms with Crippen LogP contribution in [-0.2, 0) is 9.59 Å². The molecule has 1 saturated carbocycles. The van der Waals surface area contributed by atoms with E-state index in [9.17, 15) is 14.4 Å². The Kier molecular flexibility index (Phi) is 7.17. The van der Waals surface area contributed by atoms with Gasteiger partial charge in [0.1, 0.15) is 17.9 Å². The molecule has 32 heavy (non-hydrogen) atoms. The highest BCUT2D eigenvalue weighted by Gasteiger charge is 2.52. The Labute approximate surface area is 193 Å². The van der Waals surface area contributed by atoms with Gasteiger partial charge in [-0.25, -0.2) is 4.79 Å². The maximum Gasteiger partial charge on any atom is 0.344 e. The number of halogens is 1. The number of carbonyl (C=O) groups is 3. The summed E-state index contributed by atoms with van der Waals surface area (Å²) in [6, 6.07) is 6.76. The molecule has 1 aromatic carbocycles. The van der Waals surface area contributed by atoms with E-state index in [-0.39, 0.29) is 18.4 Å². The zero-order valence-electron chi connectivity index (χ0n) is 18.1. The quantitative estimate of drug-likeness (QED) is 0.597. The number of ether oxygens (including phenoxy) is 1. The zero-order chi connectivity index (χ0) is 22.6. The summed E-state index contributed by atoms with van der Waals surface area (Å²) in [5.74, 6) is 0.113. The molecular formula is C22H30ClN5O4. The summed E-state index contributed by atoms with van der Waals surface area (Å²) in [6.45, 7) is 4.65. The van der Waals surface area contributed by atoms with Crippen LogP contribution in [0.15, 0.2) is 24.3 Å². The molecule has 10 heteroatoms. The zero-order valence-corrected chi connectivity index (χ0v) is 18.9. The Morgan fingerprint density at radius 1 is 1.03 bits per heavy atom. The normalized spacial score (nSPS) is 21.6. The fourth-order valence-corrected chi connectivity index (χ4v) is 4.70. The van der Waals surface area contributed by atoms with Crippen molar-refractivity contribution in [3.63, 3.8) is 0 Å². The second kappa shape index (κ2) is 10.1. The average Bonchev–Trinajstić information content (AvgIpc) is 3.00. The van der Waals surface area contributed by atoms with E-state index in [4.69, 9.17) is 16.3 Å². The first kappa shape index (κ1) is 22.8. The summed E-state index contributed by atoms with van der Waals surface area (Å²) < 4.78 is 5.74. The van der Waals surface area contributed by atoms with E-state index in [2.05, 4.69) is 15.6 Å². The van der Waals surface area contributed by atoms with Crippen molar-refractivity contribution >= 4 is 29.4 Å². The number of imide groups is 1. The van der Waals surface area contributed by atoms with E-state index < -0.39 is 11.6 Å². The van der Waals surface area contributed by atoms with E-state index in [1.807, 2.05) is 17.0 Å². The summed E-state index contributed by atoms with van der Waals surface area (Å²) in [4.78, 5) is 41.9. The molecule has 0 bridgehead atoms. The first-order valence-electron chi connectivity index (χ1n) is 11.2. The molecule has 0 unspecified atom stereocenters. The maximum atomic E-state index is 12.8. The number of nitrogens with zero attached hydrogens (tertiary/aromatic N) is 3. The summed E-state index contributed by atoms with van der Waals surface area (Å²) in [5, 5.41) is 4.36. The third-order valence-corrected chi connectivity index (χ3v) is 6.68. The summed E-state index contributed by atoms with van der Waals surface area (Å²) in [5.41, 5.74) is 1.68. The van der Waals surface area contributed by atoms with Crippen LogP contribution in [0, 0.1) is 0 Å². The van der Waals surface area contributed by atoms with Crippen LogP contribution >= 0.6 is 11.6 Å². The number of hydrogen-bond donors (Lipinski definition) is 2. The number of benzene rings is 1. The molecule has 4 amide bonds. The van der Waals surface area contributed by atoms with E-state index in [1.54, 1.807) is 12.1 Å². The number of amides is 4. The lowest BCUT2D eigenvalue weighted by molar-refractivity contribution is -0.140. The summed E-state index contributed by atoms with van der Waals surface area (Å²) in [6.07, 6.45) is 4.14. The second-order valence-electron chi connectivity index (χ2n) is 8.67. The van der Waals surface area contributed by atoms with Crippen LogP contribution in [0.2, 0.25) is 5.02 Å². The predicted octanol–water partition coefficient (Wildman–Crippen LogP) is 1.62. The van der Waals surface area contributed by atoms with Gasteiger partial charge in [-0.05, 0) is 37.1 Å². The maximum absolute atomic E-state index is 12.8. The largest absolute Gasteiger partial charge is 0.492 e. The topological polar surface area (TPSA) is 94.2 Å². The standard InChI is InChI=1S/C22H30ClN5O4/c23-17-4-6-18(7-5-17)32-15-14-26-10-12-27(13-11-26)16-19(29)25-28-20(30)22(24-21(28)31)8-2-1-3-9-22/h4-7H,1-3,8-16H2,(H,24,31)(H,25,29). The van der Waals surface area contributed by atoms with Crippen LogP contribution in [0.25, 0.3) is 0 Å². The average molecular weight is 464 g/mol. The van der Waals surface area contributed by atoms with Gasteiger partial charge in [-0.1, -0.05) is 30.9 Å². The van der Waals surface area contributed by atoms with Crippen LogP contribution in [-0.4, -0.2) is 84.1 Å². The summed E-state index contributed by atoms with van der Waals surface area (Å²) in [7, 11) is 0. The smallest absolute Gasteiger partial charge is 0.344 e. The van der Waals surface area contributed by atoms with E-state index in [0.717, 1.165) is 62.7 Å². The van der Waals surface area contributed by atoms with Crippen molar-refractivity contribution in [2.45, 2.75) is 37.6 Å². The number of rotatable bonds is 7. The van der Waals surface area contributed by atoms with Crippen molar-refractivity contribution in [2.75, 3.05) is 45.9 Å². The first-order valence-corrected chi connectivity index (χ1v) is 11.6. The molecular weight excluding hydrogens is 434 g/mol. The highest BCUT2D eigenvalue weighted by molar-refractivity contribution is 6.30. The molecule has 2 N–H and O–H groups in total. The predicted molar refractivity (Wildman–Crippen MR) is 119 cm³/mol. The molecule has 2 aliphatic heterocycles. The highest BCUT2D eigenvalue weighted by atomic mass is 35.5. The van der Waals surface area contributed by atoms with Crippen molar-refractivity contribution in [1.29, 1.82) is 0 Å². The second-order valence-corrected chi connectivity index (χ2v) is 9.11. The molecule has 1 aromatic rings. The van der Waals surface area contributed by atoms with Crippen LogP contribution in [0.4, 0.5) is 4.79 Å². The Hall–Kier alpha value is -2.36. The molecule has 0 aromatic heterocycles. The number of carbonyl (C=O) groups excluding carboxylic acids is 3. The number of urea groups is 1. The molecule has 2 saturated heterocycles. The molecule has 3 fully saturated rings. The monoisotopic (exact) mass is 463 g/mol. The van der Waals surface area contributed by atoms with Crippen molar-refractivity contribution in [3.05, 3.63) is 29.3 Å². The van der Waals surface area contributed by atoms with Crippen molar-refractivity contribution in [2.24, 2.45) is 0 Å². The number of nitrogens with one attached hydrogen (secondary N) is 2. The van der Waals surface area contributed by atoms with Crippen molar-refractivity contribution in [1.82, 2.24) is 25.6 Å². The Balaban J connectivity index is 1.16. The van der Waals surface area contributed by atoms with Gasteiger partial charge in [0, 0.05) is 37.7 Å². The fraction of sp³-hybridized carbons (Fsp3) is 0.591. The lowest BCUT2D eigenvalue weighted by Gasteiger charge is -2.34. The van der Waals surface area contributed by atoms with Crippen LogP contribution in [0.5, 0.6) is 5.75 Å². The molecule has 3 aliphatic rings. The van der Waals surface area contributed by atoms with E-state index in [0.29, 0.717) is 24.5 Å². The molecule has 0 atom stereocenters. The number of piperazine rings is 1. The van der Waals surface area contributed by atoms with Gasteiger partial charge in [0.2, 0.25) is 0 Å². The Bertz CT molecular complexity index is 835. The molecule has 0 radical (unpaired) electrons. The number of hydrazine groups is 1. The summed E-state index contributed by atoms with van der Waals surface area (Å²) >= 11 is 5.88.